The molecular formula is C29H35NO6. The van der Waals surface area contributed by atoms with Crippen LogP contribution in [0.4, 0.5) is 0 Å². The summed E-state index contributed by atoms with van der Waals surface area (Å²) in [4.78, 5) is 25.4. The van der Waals surface area contributed by atoms with Crippen molar-refractivity contribution in [3.8, 4) is 28.4 Å². The van der Waals surface area contributed by atoms with Crippen molar-refractivity contribution >= 4 is 11.9 Å². The number of fused-ring (bicyclic) bond motifs is 1. The Morgan fingerprint density at radius 3 is 2.36 bits per heavy atom. The van der Waals surface area contributed by atoms with Crippen molar-refractivity contribution in [3.63, 3.8) is 0 Å². The summed E-state index contributed by atoms with van der Waals surface area (Å²) in [6, 6.07) is 9.53. The van der Waals surface area contributed by atoms with Crippen LogP contribution in [0.15, 0.2) is 30.3 Å². The van der Waals surface area contributed by atoms with Gasteiger partial charge in [-0.1, -0.05) is 25.3 Å². The number of benzene rings is 2. The lowest BCUT2D eigenvalue weighted by atomic mass is 9.69. The van der Waals surface area contributed by atoms with Gasteiger partial charge in [-0.3, -0.25) is 9.59 Å². The van der Waals surface area contributed by atoms with Gasteiger partial charge in [0, 0.05) is 17.7 Å². The molecule has 5 rings (SSSR count). The summed E-state index contributed by atoms with van der Waals surface area (Å²) in [6.45, 7) is 0.724. The standard InChI is InChI=1S/C29H35NO6/c1-33-24-13-12-22(19-10-11-23-20(16-19)17-30-27(23)31)25(26(24)34-2)35-18-29(14-7-15-29)28(32)36-21-8-5-3-4-6-9-21/h10-13,16,21H,3-9,14-15,17-18H2,1-2H3,(H,30,31). The number of rotatable bonds is 8. The Morgan fingerprint density at radius 1 is 0.944 bits per heavy atom. The average Bonchev–Trinajstić information content (AvgIpc) is 3.05. The van der Waals surface area contributed by atoms with E-state index in [2.05, 4.69) is 5.32 Å². The molecule has 2 aromatic rings. The molecular weight excluding hydrogens is 458 g/mol. The summed E-state index contributed by atoms with van der Waals surface area (Å²) in [5.41, 5.74) is 2.73. The van der Waals surface area contributed by atoms with E-state index in [1.807, 2.05) is 30.3 Å². The van der Waals surface area contributed by atoms with Gasteiger partial charge >= 0.3 is 5.97 Å². The van der Waals surface area contributed by atoms with Crippen molar-refractivity contribution in [2.45, 2.75) is 70.4 Å². The van der Waals surface area contributed by atoms with Gasteiger partial charge in [0.15, 0.2) is 11.5 Å². The monoisotopic (exact) mass is 493 g/mol. The Morgan fingerprint density at radius 2 is 1.69 bits per heavy atom. The maximum Gasteiger partial charge on any atom is 0.315 e. The van der Waals surface area contributed by atoms with Crippen molar-refractivity contribution in [1.82, 2.24) is 5.32 Å². The molecule has 2 aliphatic carbocycles. The van der Waals surface area contributed by atoms with Gasteiger partial charge in [-0.05, 0) is 73.9 Å². The molecule has 1 heterocycles. The van der Waals surface area contributed by atoms with Crippen molar-refractivity contribution in [2.24, 2.45) is 5.41 Å². The van der Waals surface area contributed by atoms with Gasteiger partial charge in [-0.2, -0.15) is 0 Å². The fourth-order valence-corrected chi connectivity index (χ4v) is 5.53. The van der Waals surface area contributed by atoms with E-state index >= 15 is 0 Å². The molecule has 1 aliphatic heterocycles. The molecule has 0 saturated heterocycles. The van der Waals surface area contributed by atoms with E-state index in [1.54, 1.807) is 14.2 Å². The van der Waals surface area contributed by atoms with Gasteiger partial charge in [0.05, 0.1) is 14.2 Å². The second-order valence-corrected chi connectivity index (χ2v) is 10.2. The molecule has 0 radical (unpaired) electrons. The number of carbonyl (C=O) groups excluding carboxylic acids is 2. The lowest BCUT2D eigenvalue weighted by Crippen LogP contribution is -2.45. The Kier molecular flexibility index (Phi) is 7.08. The molecule has 2 fully saturated rings. The predicted molar refractivity (Wildman–Crippen MR) is 136 cm³/mol. The molecule has 0 spiro atoms. The third-order valence-electron chi connectivity index (χ3n) is 7.91. The summed E-state index contributed by atoms with van der Waals surface area (Å²) >= 11 is 0. The number of ether oxygens (including phenoxy) is 4. The zero-order chi connectivity index (χ0) is 25.1. The summed E-state index contributed by atoms with van der Waals surface area (Å²) in [5, 5.41) is 2.86. The highest BCUT2D eigenvalue weighted by Gasteiger charge is 2.47. The molecule has 7 heteroatoms. The molecule has 0 aromatic heterocycles. The quantitative estimate of drug-likeness (QED) is 0.390. The SMILES string of the molecule is COc1ccc(-c2ccc3c(c2)CNC3=O)c(OCC2(C(=O)OC3CCCCCC3)CCC2)c1OC. The Bertz CT molecular complexity index is 1130. The van der Waals surface area contributed by atoms with Crippen LogP contribution in [0.5, 0.6) is 17.2 Å². The van der Waals surface area contributed by atoms with Crippen LogP contribution >= 0.6 is 0 Å². The first-order valence-electron chi connectivity index (χ1n) is 13.0. The van der Waals surface area contributed by atoms with Crippen molar-refractivity contribution in [3.05, 3.63) is 41.5 Å². The molecule has 1 N–H and O–H groups in total. The molecule has 7 nitrogen and oxygen atoms in total. The molecule has 2 aromatic carbocycles. The molecule has 0 unspecified atom stereocenters. The number of carbonyl (C=O) groups is 2. The number of esters is 1. The first kappa shape index (κ1) is 24.5. The number of amides is 1. The topological polar surface area (TPSA) is 83.1 Å². The van der Waals surface area contributed by atoms with Crippen LogP contribution in [-0.4, -0.2) is 38.8 Å². The Balaban J connectivity index is 1.42. The number of hydrogen-bond donors (Lipinski definition) is 1. The smallest absolute Gasteiger partial charge is 0.315 e. The fourth-order valence-electron chi connectivity index (χ4n) is 5.53. The second-order valence-electron chi connectivity index (χ2n) is 10.2. The molecule has 192 valence electrons. The van der Waals surface area contributed by atoms with E-state index in [-0.39, 0.29) is 24.6 Å². The lowest BCUT2D eigenvalue weighted by molar-refractivity contribution is -0.170. The third kappa shape index (κ3) is 4.63. The van der Waals surface area contributed by atoms with Crippen LogP contribution < -0.4 is 19.5 Å². The zero-order valence-electron chi connectivity index (χ0n) is 21.2. The summed E-state index contributed by atoms with van der Waals surface area (Å²) in [5.74, 6) is 1.38. The number of nitrogens with one attached hydrogen (secondary N) is 1. The molecule has 1 amide bonds. The van der Waals surface area contributed by atoms with Gasteiger partial charge < -0.3 is 24.3 Å². The highest BCUT2D eigenvalue weighted by Crippen LogP contribution is 2.48. The summed E-state index contributed by atoms with van der Waals surface area (Å²) in [6.07, 6.45) is 9.08. The maximum atomic E-state index is 13.3. The van der Waals surface area contributed by atoms with E-state index < -0.39 is 5.41 Å². The first-order chi connectivity index (χ1) is 17.5. The highest BCUT2D eigenvalue weighted by atomic mass is 16.6. The maximum absolute atomic E-state index is 13.3. The van der Waals surface area contributed by atoms with Crippen LogP contribution in [0.1, 0.15) is 73.7 Å². The average molecular weight is 494 g/mol. The molecule has 2 saturated carbocycles. The van der Waals surface area contributed by atoms with Crippen molar-refractivity contribution < 1.29 is 28.5 Å². The number of methoxy groups -OCH3 is 2. The summed E-state index contributed by atoms with van der Waals surface area (Å²) in [7, 11) is 3.17. The largest absolute Gasteiger partial charge is 0.493 e. The van der Waals surface area contributed by atoms with E-state index in [0.717, 1.165) is 61.6 Å². The Hall–Kier alpha value is -3.22. The third-order valence-corrected chi connectivity index (χ3v) is 7.91. The lowest BCUT2D eigenvalue weighted by Gasteiger charge is -2.40. The fraction of sp³-hybridized carbons (Fsp3) is 0.517. The Labute approximate surface area is 212 Å². The van der Waals surface area contributed by atoms with Crippen molar-refractivity contribution in [2.75, 3.05) is 20.8 Å². The van der Waals surface area contributed by atoms with Crippen LogP contribution in [0.25, 0.3) is 11.1 Å². The van der Waals surface area contributed by atoms with Crippen LogP contribution in [0, 0.1) is 5.41 Å². The predicted octanol–water partition coefficient (Wildman–Crippen LogP) is 5.43. The highest BCUT2D eigenvalue weighted by molar-refractivity contribution is 5.99. The minimum Gasteiger partial charge on any atom is -0.493 e. The minimum absolute atomic E-state index is 0.0159. The molecule has 0 atom stereocenters. The van der Waals surface area contributed by atoms with E-state index in [0.29, 0.717) is 29.4 Å². The van der Waals surface area contributed by atoms with Crippen LogP contribution in [-0.2, 0) is 16.1 Å². The van der Waals surface area contributed by atoms with E-state index in [9.17, 15) is 9.59 Å². The normalized spacial score (nSPS) is 18.9. The van der Waals surface area contributed by atoms with Gasteiger partial charge in [-0.15, -0.1) is 0 Å². The molecule has 3 aliphatic rings. The van der Waals surface area contributed by atoms with Gasteiger partial charge in [0.1, 0.15) is 18.1 Å². The molecule has 0 bridgehead atoms. The van der Waals surface area contributed by atoms with Crippen LogP contribution in [0.2, 0.25) is 0 Å². The van der Waals surface area contributed by atoms with Gasteiger partial charge in [-0.25, -0.2) is 0 Å². The molecule has 36 heavy (non-hydrogen) atoms. The van der Waals surface area contributed by atoms with Gasteiger partial charge in [0.2, 0.25) is 5.75 Å². The van der Waals surface area contributed by atoms with Crippen LogP contribution in [0.3, 0.4) is 0 Å². The van der Waals surface area contributed by atoms with Crippen molar-refractivity contribution in [1.29, 1.82) is 0 Å². The minimum atomic E-state index is -0.633. The van der Waals surface area contributed by atoms with Gasteiger partial charge in [0.25, 0.3) is 5.91 Å². The number of hydrogen-bond acceptors (Lipinski definition) is 6. The van der Waals surface area contributed by atoms with E-state index in [1.165, 1.54) is 12.8 Å². The zero-order valence-corrected chi connectivity index (χ0v) is 21.2. The summed E-state index contributed by atoms with van der Waals surface area (Å²) < 4.78 is 23.7. The second kappa shape index (κ2) is 10.4. The first-order valence-corrected chi connectivity index (χ1v) is 13.0. The van der Waals surface area contributed by atoms with E-state index in [4.69, 9.17) is 18.9 Å².